The monoisotopic (exact) mass is 377 g/mol. The zero-order valence-corrected chi connectivity index (χ0v) is 16.6. The number of benzene rings is 1. The highest BCUT2D eigenvalue weighted by Gasteiger charge is 2.20. The fourth-order valence-electron chi connectivity index (χ4n) is 3.63. The minimum Gasteiger partial charge on any atom is -0.454 e. The molecule has 0 spiro atoms. The van der Waals surface area contributed by atoms with Gasteiger partial charge in [-0.15, -0.1) is 0 Å². The minimum atomic E-state index is 0.124. The van der Waals surface area contributed by atoms with Crippen LogP contribution in [0.2, 0.25) is 0 Å². The van der Waals surface area contributed by atoms with Gasteiger partial charge in [0.1, 0.15) is 0 Å². The topological polar surface area (TPSA) is 44.3 Å². The van der Waals surface area contributed by atoms with E-state index >= 15 is 0 Å². The molecular weight excluding hydrogens is 352 g/mol. The number of aryl methyl sites for hydroxylation is 2. The molecule has 0 amide bonds. The third-order valence-corrected chi connectivity index (χ3v) is 5.35. The predicted octanol–water partition coefficient (Wildman–Crippen LogP) is 3.61. The lowest BCUT2D eigenvalue weighted by atomic mass is 10.1. The second-order valence-corrected chi connectivity index (χ2v) is 7.21. The summed E-state index contributed by atoms with van der Waals surface area (Å²) in [6.45, 7) is 7.49. The summed E-state index contributed by atoms with van der Waals surface area (Å²) in [5.74, 6) is 1.69. The number of nitrogens with zero attached hydrogens (tertiary/aromatic N) is 2. The fourth-order valence-corrected chi connectivity index (χ4v) is 3.63. The van der Waals surface area contributed by atoms with Crippen molar-refractivity contribution in [3.63, 3.8) is 0 Å². The van der Waals surface area contributed by atoms with Gasteiger partial charge in [0, 0.05) is 35.6 Å². The number of hydrogen-bond acceptors (Lipinski definition) is 3. The Bertz CT molecular complexity index is 1020. The molecule has 1 aromatic carbocycles. The lowest BCUT2D eigenvalue weighted by molar-refractivity contribution is -0.683. The van der Waals surface area contributed by atoms with E-state index in [1.54, 1.807) is 0 Å². The lowest BCUT2D eigenvalue weighted by Crippen LogP contribution is -2.37. The number of fused-ring (bicyclic) bond motifs is 1. The number of aromatic nitrogens is 2. The average molecular weight is 377 g/mol. The molecule has 4 rings (SSSR count). The van der Waals surface area contributed by atoms with Crippen LogP contribution in [0.5, 0.6) is 11.5 Å². The van der Waals surface area contributed by atoms with Gasteiger partial charge in [0.05, 0.1) is 0 Å². The molecule has 1 aliphatic heterocycles. The van der Waals surface area contributed by atoms with E-state index in [1.165, 1.54) is 5.56 Å². The van der Waals surface area contributed by atoms with Gasteiger partial charge in [0.25, 0.3) is 0 Å². The van der Waals surface area contributed by atoms with Gasteiger partial charge in [-0.1, -0.05) is 13.0 Å². The van der Waals surface area contributed by atoms with Crippen LogP contribution in [-0.4, -0.2) is 17.1 Å². The van der Waals surface area contributed by atoms with Gasteiger partial charge in [0.2, 0.25) is 19.1 Å². The molecule has 144 valence electrons. The molecule has 5 nitrogen and oxygen atoms in total. The van der Waals surface area contributed by atoms with Crippen molar-refractivity contribution < 1.29 is 18.8 Å². The number of Topliss-reactive ketones (excluding diaryl/α,β-unsaturated/α-hetero) is 1. The SMILES string of the molecule is CCc1cc[n+](CC(=O)c2cc(C)n(Cc3ccc4c(c3)OCO4)c2C)cc1. The van der Waals surface area contributed by atoms with E-state index in [4.69, 9.17) is 9.47 Å². The molecule has 0 atom stereocenters. The Balaban J connectivity index is 1.53. The van der Waals surface area contributed by atoms with Gasteiger partial charge in [-0.3, -0.25) is 4.79 Å². The maximum Gasteiger partial charge on any atom is 0.231 e. The van der Waals surface area contributed by atoms with Gasteiger partial charge in [-0.25, -0.2) is 0 Å². The van der Waals surface area contributed by atoms with Gasteiger partial charge in [-0.05, 0) is 49.6 Å². The van der Waals surface area contributed by atoms with Crippen LogP contribution in [0.4, 0.5) is 0 Å². The normalized spacial score (nSPS) is 12.4. The summed E-state index contributed by atoms with van der Waals surface area (Å²) in [6, 6.07) is 12.1. The van der Waals surface area contributed by atoms with E-state index in [9.17, 15) is 4.79 Å². The van der Waals surface area contributed by atoms with Crippen molar-refractivity contribution in [2.75, 3.05) is 6.79 Å². The largest absolute Gasteiger partial charge is 0.454 e. The molecular formula is C23H25N2O3+. The van der Waals surface area contributed by atoms with Crippen LogP contribution in [0, 0.1) is 13.8 Å². The second kappa shape index (κ2) is 7.50. The summed E-state index contributed by atoms with van der Waals surface area (Å²) in [4.78, 5) is 12.9. The standard InChI is InChI=1S/C23H25N2O3/c1-4-18-7-9-24(10-8-18)14-21(26)20-11-16(2)25(17(20)3)13-19-5-6-22-23(12-19)28-15-27-22/h5-12H,4,13-15H2,1-3H3/q+1. The molecule has 3 aromatic rings. The zero-order valence-electron chi connectivity index (χ0n) is 16.6. The molecule has 0 aliphatic carbocycles. The molecule has 5 heteroatoms. The van der Waals surface area contributed by atoms with Gasteiger partial charge in [-0.2, -0.15) is 4.57 Å². The van der Waals surface area contributed by atoms with Crippen molar-refractivity contribution in [3.8, 4) is 11.5 Å². The number of carbonyl (C=O) groups excluding carboxylic acids is 1. The van der Waals surface area contributed by atoms with Crippen molar-refractivity contribution in [1.29, 1.82) is 0 Å². The van der Waals surface area contributed by atoms with Crippen LogP contribution in [0.1, 0.15) is 39.8 Å². The zero-order chi connectivity index (χ0) is 19.7. The summed E-state index contributed by atoms with van der Waals surface area (Å²) >= 11 is 0. The number of ether oxygens (including phenoxy) is 2. The minimum absolute atomic E-state index is 0.124. The van der Waals surface area contributed by atoms with E-state index in [2.05, 4.69) is 23.6 Å². The average Bonchev–Trinajstić information content (AvgIpc) is 3.28. The Morgan fingerprint density at radius 2 is 1.79 bits per heavy atom. The first kappa shape index (κ1) is 18.3. The first-order chi connectivity index (χ1) is 13.5. The second-order valence-electron chi connectivity index (χ2n) is 7.21. The Morgan fingerprint density at radius 1 is 1.04 bits per heavy atom. The van der Waals surface area contributed by atoms with E-state index < -0.39 is 0 Å². The van der Waals surface area contributed by atoms with Crippen molar-refractivity contribution >= 4 is 5.78 Å². The molecule has 2 aromatic heterocycles. The predicted molar refractivity (Wildman–Crippen MR) is 106 cm³/mol. The molecule has 0 saturated carbocycles. The Kier molecular flexibility index (Phi) is 4.90. The fraction of sp³-hybridized carbons (Fsp3) is 0.304. The lowest BCUT2D eigenvalue weighted by Gasteiger charge is -2.10. The number of carbonyl (C=O) groups is 1. The van der Waals surface area contributed by atoms with Crippen LogP contribution in [0.3, 0.4) is 0 Å². The van der Waals surface area contributed by atoms with Gasteiger partial charge in [0.15, 0.2) is 23.9 Å². The van der Waals surface area contributed by atoms with Crippen molar-refractivity contribution in [1.82, 2.24) is 4.57 Å². The summed E-state index contributed by atoms with van der Waals surface area (Å²) in [5.41, 5.74) is 5.24. The van der Waals surface area contributed by atoms with E-state index in [0.29, 0.717) is 13.1 Å². The van der Waals surface area contributed by atoms with Crippen LogP contribution in [-0.2, 0) is 19.5 Å². The van der Waals surface area contributed by atoms with Crippen LogP contribution in [0.15, 0.2) is 48.8 Å². The van der Waals surface area contributed by atoms with Crippen molar-refractivity contribution in [3.05, 3.63) is 76.9 Å². The molecule has 0 saturated heterocycles. The van der Waals surface area contributed by atoms with E-state index in [-0.39, 0.29) is 12.6 Å². The molecule has 0 radical (unpaired) electrons. The molecule has 0 unspecified atom stereocenters. The third-order valence-electron chi connectivity index (χ3n) is 5.35. The number of ketones is 1. The van der Waals surface area contributed by atoms with E-state index in [0.717, 1.165) is 40.4 Å². The molecule has 0 fully saturated rings. The number of rotatable bonds is 6. The van der Waals surface area contributed by atoms with Crippen LogP contribution < -0.4 is 14.0 Å². The highest BCUT2D eigenvalue weighted by atomic mass is 16.7. The van der Waals surface area contributed by atoms with Crippen LogP contribution >= 0.6 is 0 Å². The first-order valence-corrected chi connectivity index (χ1v) is 9.61. The quantitative estimate of drug-likeness (QED) is 0.487. The summed E-state index contributed by atoms with van der Waals surface area (Å²) in [5, 5.41) is 0. The highest BCUT2D eigenvalue weighted by molar-refractivity contribution is 5.96. The van der Waals surface area contributed by atoms with Crippen LogP contribution in [0.25, 0.3) is 0 Å². The molecule has 3 heterocycles. The molecule has 0 bridgehead atoms. The smallest absolute Gasteiger partial charge is 0.231 e. The highest BCUT2D eigenvalue weighted by Crippen LogP contribution is 2.33. The molecule has 0 N–H and O–H groups in total. The maximum absolute atomic E-state index is 12.9. The maximum atomic E-state index is 12.9. The Labute approximate surface area is 165 Å². The van der Waals surface area contributed by atoms with Gasteiger partial charge < -0.3 is 14.0 Å². The third kappa shape index (κ3) is 3.52. The summed E-state index contributed by atoms with van der Waals surface area (Å²) in [7, 11) is 0. The number of pyridine rings is 1. The van der Waals surface area contributed by atoms with E-state index in [1.807, 2.05) is 55.1 Å². The summed E-state index contributed by atoms with van der Waals surface area (Å²) in [6.07, 6.45) is 4.95. The van der Waals surface area contributed by atoms with Gasteiger partial charge >= 0.3 is 0 Å². The summed E-state index contributed by atoms with van der Waals surface area (Å²) < 4.78 is 15.0. The Morgan fingerprint density at radius 3 is 2.54 bits per heavy atom. The Hall–Kier alpha value is -3.08. The first-order valence-electron chi connectivity index (χ1n) is 9.61. The molecule has 28 heavy (non-hydrogen) atoms. The van der Waals surface area contributed by atoms with Crippen molar-refractivity contribution in [2.24, 2.45) is 0 Å². The number of hydrogen-bond donors (Lipinski definition) is 0. The molecule has 1 aliphatic rings. The van der Waals surface area contributed by atoms with Crippen molar-refractivity contribution in [2.45, 2.75) is 40.3 Å².